The summed E-state index contributed by atoms with van der Waals surface area (Å²) in [5, 5.41) is 12.0. The summed E-state index contributed by atoms with van der Waals surface area (Å²) in [5.74, 6) is -3.63. The van der Waals surface area contributed by atoms with Crippen molar-refractivity contribution in [2.45, 2.75) is 43.8 Å². The molecular formula is C26H26F2N4O4. The molecule has 4 N–H and O–H groups in total. The largest absolute Gasteiger partial charge is 0.477 e. The predicted molar refractivity (Wildman–Crippen MR) is 130 cm³/mol. The Balaban J connectivity index is 1.39. The Morgan fingerprint density at radius 3 is 2.56 bits per heavy atom. The van der Waals surface area contributed by atoms with Gasteiger partial charge in [-0.2, -0.15) is 0 Å². The first-order valence-electron chi connectivity index (χ1n) is 11.9. The number of aromatic nitrogens is 1. The maximum Gasteiger partial charge on any atom is 0.341 e. The molecule has 2 atom stereocenters. The summed E-state index contributed by atoms with van der Waals surface area (Å²) in [7, 11) is 0. The standard InChI is InChI=1S/C26H26F2N4O4/c27-19-11-17-22(32(16-6-7-16)13-18(24(17)33)26(35)36)21(28)23(19)31-9-8-15(12-31)30-25(34)20(29)10-14-4-2-1-3-5-14/h1-5,11,13,15-16,20H,6-10,12,29H2,(H,30,34)(H,35,36)/t15?,20-/m0/s1. The van der Waals surface area contributed by atoms with Crippen molar-refractivity contribution in [3.63, 3.8) is 0 Å². The maximum atomic E-state index is 15.8. The third-order valence-corrected chi connectivity index (χ3v) is 6.84. The number of halogens is 2. The quantitative estimate of drug-likeness (QED) is 0.463. The summed E-state index contributed by atoms with van der Waals surface area (Å²) in [4.78, 5) is 38.3. The monoisotopic (exact) mass is 496 g/mol. The molecule has 0 bridgehead atoms. The van der Waals surface area contributed by atoms with Gasteiger partial charge in [0.05, 0.1) is 16.9 Å². The first-order valence-corrected chi connectivity index (χ1v) is 11.9. The van der Waals surface area contributed by atoms with Crippen LogP contribution in [0.1, 0.15) is 41.2 Å². The Kier molecular flexibility index (Phi) is 6.21. The summed E-state index contributed by atoms with van der Waals surface area (Å²) in [6.07, 6.45) is 3.41. The zero-order valence-corrected chi connectivity index (χ0v) is 19.4. The van der Waals surface area contributed by atoms with Crippen LogP contribution < -0.4 is 21.4 Å². The first kappa shape index (κ1) is 23.9. The molecule has 0 spiro atoms. The van der Waals surface area contributed by atoms with Crippen LogP contribution in [-0.2, 0) is 11.2 Å². The van der Waals surface area contributed by atoms with Gasteiger partial charge >= 0.3 is 5.97 Å². The molecule has 1 saturated carbocycles. The number of fused-ring (bicyclic) bond motifs is 1. The van der Waals surface area contributed by atoms with Gasteiger partial charge in [-0.15, -0.1) is 0 Å². The van der Waals surface area contributed by atoms with Gasteiger partial charge in [0, 0.05) is 31.4 Å². The Morgan fingerprint density at radius 1 is 1.17 bits per heavy atom. The molecular weight excluding hydrogens is 470 g/mol. The van der Waals surface area contributed by atoms with E-state index in [1.54, 1.807) is 0 Å². The molecule has 1 aliphatic carbocycles. The summed E-state index contributed by atoms with van der Waals surface area (Å²) in [6.45, 7) is 0.461. The van der Waals surface area contributed by atoms with Gasteiger partial charge in [-0.3, -0.25) is 9.59 Å². The van der Waals surface area contributed by atoms with Crippen molar-refractivity contribution in [1.82, 2.24) is 9.88 Å². The van der Waals surface area contributed by atoms with E-state index in [1.165, 1.54) is 9.47 Å². The van der Waals surface area contributed by atoms with Crippen molar-refractivity contribution in [3.8, 4) is 0 Å². The van der Waals surface area contributed by atoms with Crippen LogP contribution >= 0.6 is 0 Å². The summed E-state index contributed by atoms with van der Waals surface area (Å²) in [5.41, 5.74) is 5.17. The van der Waals surface area contributed by atoms with E-state index < -0.39 is 34.6 Å². The van der Waals surface area contributed by atoms with Crippen LogP contribution in [0.2, 0.25) is 0 Å². The second-order valence-corrected chi connectivity index (χ2v) is 9.47. The fourth-order valence-electron chi connectivity index (χ4n) is 4.86. The van der Waals surface area contributed by atoms with Crippen LogP contribution in [0.4, 0.5) is 14.5 Å². The van der Waals surface area contributed by atoms with Gasteiger partial charge in [-0.25, -0.2) is 13.6 Å². The van der Waals surface area contributed by atoms with Crippen LogP contribution in [0.5, 0.6) is 0 Å². The molecule has 1 aromatic heterocycles. The number of nitrogens with one attached hydrogen (secondary N) is 1. The lowest BCUT2D eigenvalue weighted by Crippen LogP contribution is -2.47. The average molecular weight is 497 g/mol. The van der Waals surface area contributed by atoms with Gasteiger partial charge < -0.3 is 25.6 Å². The number of benzene rings is 2. The number of amides is 1. The lowest BCUT2D eigenvalue weighted by atomic mass is 10.1. The van der Waals surface area contributed by atoms with Gasteiger partial charge in [0.1, 0.15) is 17.1 Å². The molecule has 36 heavy (non-hydrogen) atoms. The topological polar surface area (TPSA) is 118 Å². The smallest absolute Gasteiger partial charge is 0.341 e. The van der Waals surface area contributed by atoms with Crippen molar-refractivity contribution >= 4 is 28.5 Å². The molecule has 2 fully saturated rings. The van der Waals surface area contributed by atoms with Crippen molar-refractivity contribution < 1.29 is 23.5 Å². The molecule has 0 radical (unpaired) electrons. The van der Waals surface area contributed by atoms with E-state index in [0.29, 0.717) is 32.2 Å². The van der Waals surface area contributed by atoms with Crippen LogP contribution in [0.15, 0.2) is 47.4 Å². The van der Waals surface area contributed by atoms with E-state index in [0.717, 1.165) is 17.8 Å². The van der Waals surface area contributed by atoms with Crippen molar-refractivity contribution in [3.05, 3.63) is 75.6 Å². The Hall–Kier alpha value is -3.79. The third kappa shape index (κ3) is 4.44. The highest BCUT2D eigenvalue weighted by molar-refractivity contribution is 5.94. The van der Waals surface area contributed by atoms with Crippen molar-refractivity contribution in [2.75, 3.05) is 18.0 Å². The van der Waals surface area contributed by atoms with E-state index >= 15 is 8.78 Å². The molecule has 5 rings (SSSR count). The van der Waals surface area contributed by atoms with Gasteiger partial charge in [0.2, 0.25) is 11.3 Å². The molecule has 1 aliphatic heterocycles. The lowest BCUT2D eigenvalue weighted by molar-refractivity contribution is -0.122. The van der Waals surface area contributed by atoms with Crippen molar-refractivity contribution in [1.29, 1.82) is 0 Å². The first-order chi connectivity index (χ1) is 17.2. The SMILES string of the molecule is N[C@@H](Cc1ccccc1)C(=O)NC1CCN(c2c(F)cc3c(=O)c(C(=O)O)cn(C4CC4)c3c2F)C1. The molecule has 10 heteroatoms. The maximum absolute atomic E-state index is 15.8. The number of carboxylic acids is 1. The molecule has 188 valence electrons. The predicted octanol–water partition coefficient (Wildman–Crippen LogP) is 2.58. The van der Waals surface area contributed by atoms with Crippen LogP contribution in [0, 0.1) is 11.6 Å². The molecule has 1 saturated heterocycles. The molecule has 1 unspecified atom stereocenters. The van der Waals surface area contributed by atoms with Crippen LogP contribution in [-0.4, -0.2) is 46.7 Å². The van der Waals surface area contributed by atoms with E-state index in [1.807, 2.05) is 30.3 Å². The highest BCUT2D eigenvalue weighted by Gasteiger charge is 2.33. The van der Waals surface area contributed by atoms with Crippen LogP contribution in [0.25, 0.3) is 10.9 Å². The summed E-state index contributed by atoms with van der Waals surface area (Å²) >= 11 is 0. The second-order valence-electron chi connectivity index (χ2n) is 9.47. The van der Waals surface area contributed by atoms with E-state index in [-0.39, 0.29) is 41.1 Å². The molecule has 2 aliphatic rings. The number of hydrogen-bond acceptors (Lipinski definition) is 5. The zero-order chi connectivity index (χ0) is 25.6. The number of pyridine rings is 1. The highest BCUT2D eigenvalue weighted by atomic mass is 19.1. The molecule has 1 amide bonds. The Morgan fingerprint density at radius 2 is 1.89 bits per heavy atom. The number of hydrogen-bond donors (Lipinski definition) is 3. The van der Waals surface area contributed by atoms with Crippen LogP contribution in [0.3, 0.4) is 0 Å². The molecule has 2 aromatic carbocycles. The fourth-order valence-corrected chi connectivity index (χ4v) is 4.86. The Labute approximate surface area is 205 Å². The molecule has 8 nitrogen and oxygen atoms in total. The minimum absolute atomic E-state index is 0.0960. The van der Waals surface area contributed by atoms with E-state index in [4.69, 9.17) is 5.73 Å². The third-order valence-electron chi connectivity index (χ3n) is 6.84. The fraction of sp³-hybridized carbons (Fsp3) is 0.346. The minimum atomic E-state index is -1.44. The number of carbonyl (C=O) groups is 2. The van der Waals surface area contributed by atoms with E-state index in [9.17, 15) is 19.5 Å². The zero-order valence-electron chi connectivity index (χ0n) is 19.4. The van der Waals surface area contributed by atoms with Gasteiger partial charge in [-0.05, 0) is 37.3 Å². The summed E-state index contributed by atoms with van der Waals surface area (Å²) < 4.78 is 32.4. The summed E-state index contributed by atoms with van der Waals surface area (Å²) in [6, 6.07) is 9.05. The number of nitrogens with zero attached hydrogens (tertiary/aromatic N) is 2. The number of carbonyl (C=O) groups excluding carboxylic acids is 1. The van der Waals surface area contributed by atoms with Gasteiger partial charge in [-0.1, -0.05) is 30.3 Å². The number of nitrogens with two attached hydrogens (primary N) is 1. The number of aromatic carboxylic acids is 1. The minimum Gasteiger partial charge on any atom is -0.477 e. The molecule has 2 heterocycles. The normalized spacial score (nSPS) is 18.4. The van der Waals surface area contributed by atoms with E-state index in [2.05, 4.69) is 5.32 Å². The highest BCUT2D eigenvalue weighted by Crippen LogP contribution is 2.40. The lowest BCUT2D eigenvalue weighted by Gasteiger charge is -2.23. The average Bonchev–Trinajstić information content (AvgIpc) is 3.59. The second kappa shape index (κ2) is 9.34. The van der Waals surface area contributed by atoms with Gasteiger partial charge in [0.25, 0.3) is 0 Å². The van der Waals surface area contributed by atoms with Crippen molar-refractivity contribution in [2.24, 2.45) is 5.73 Å². The number of anilines is 1. The van der Waals surface area contributed by atoms with Gasteiger partial charge in [0.15, 0.2) is 5.82 Å². The molecule has 3 aromatic rings. The number of rotatable bonds is 7. The Bertz CT molecular complexity index is 1400. The number of carboxylic acid groups (broad SMARTS) is 1.